The zero-order valence-corrected chi connectivity index (χ0v) is 12.0. The van der Waals surface area contributed by atoms with Crippen molar-refractivity contribution in [1.82, 2.24) is 0 Å². The van der Waals surface area contributed by atoms with Crippen LogP contribution in [0.1, 0.15) is 22.3 Å². The molecule has 2 aromatic rings. The van der Waals surface area contributed by atoms with Gasteiger partial charge >= 0.3 is 5.97 Å². The predicted molar refractivity (Wildman–Crippen MR) is 81.8 cm³/mol. The van der Waals surface area contributed by atoms with Gasteiger partial charge in [-0.1, -0.05) is 35.9 Å². The van der Waals surface area contributed by atoms with Crippen molar-refractivity contribution < 1.29 is 9.53 Å². The average molecular weight is 266 g/mol. The van der Waals surface area contributed by atoms with Crippen LogP contribution in [-0.2, 0) is 4.79 Å². The van der Waals surface area contributed by atoms with E-state index in [0.29, 0.717) is 5.75 Å². The third-order valence-electron chi connectivity index (χ3n) is 2.90. The first kappa shape index (κ1) is 14.1. The zero-order valence-electron chi connectivity index (χ0n) is 12.0. The van der Waals surface area contributed by atoms with Crippen molar-refractivity contribution >= 4 is 12.0 Å². The molecule has 0 atom stereocenters. The van der Waals surface area contributed by atoms with Crippen LogP contribution in [0.25, 0.3) is 6.08 Å². The fourth-order valence-electron chi connectivity index (χ4n) is 1.98. The van der Waals surface area contributed by atoms with E-state index in [1.807, 2.05) is 63.2 Å². The third kappa shape index (κ3) is 4.09. The second kappa shape index (κ2) is 6.20. The number of benzene rings is 2. The van der Waals surface area contributed by atoms with E-state index < -0.39 is 0 Å². The summed E-state index contributed by atoms with van der Waals surface area (Å²) in [6.07, 6.45) is 3.20. The summed E-state index contributed by atoms with van der Waals surface area (Å²) in [7, 11) is 0. The molecule has 2 aromatic carbocycles. The minimum absolute atomic E-state index is 0.365. The van der Waals surface area contributed by atoms with Crippen LogP contribution in [0, 0.1) is 20.8 Å². The molecule has 102 valence electrons. The standard InChI is InChI=1S/C18H18O2/c1-13-4-6-16(7-5-13)8-9-18(19)20-17-11-14(2)10-15(3)12-17/h4-12H,1-3H3/b9-8-. The number of hydrogen-bond donors (Lipinski definition) is 0. The second-order valence-corrected chi connectivity index (χ2v) is 4.99. The van der Waals surface area contributed by atoms with Crippen LogP contribution in [0.4, 0.5) is 0 Å². The normalized spacial score (nSPS) is 10.8. The van der Waals surface area contributed by atoms with Gasteiger partial charge in [0.05, 0.1) is 0 Å². The molecular formula is C18H18O2. The van der Waals surface area contributed by atoms with Gasteiger partial charge in [-0.2, -0.15) is 0 Å². The van der Waals surface area contributed by atoms with Crippen molar-refractivity contribution in [2.75, 3.05) is 0 Å². The lowest BCUT2D eigenvalue weighted by molar-refractivity contribution is -0.128. The van der Waals surface area contributed by atoms with E-state index in [4.69, 9.17) is 4.74 Å². The molecule has 2 rings (SSSR count). The van der Waals surface area contributed by atoms with Crippen LogP contribution in [0.15, 0.2) is 48.5 Å². The maximum Gasteiger partial charge on any atom is 0.336 e. The summed E-state index contributed by atoms with van der Waals surface area (Å²) in [4.78, 5) is 11.8. The van der Waals surface area contributed by atoms with Crippen molar-refractivity contribution in [3.63, 3.8) is 0 Å². The van der Waals surface area contributed by atoms with Crippen molar-refractivity contribution in [1.29, 1.82) is 0 Å². The minimum Gasteiger partial charge on any atom is -0.423 e. The zero-order chi connectivity index (χ0) is 14.5. The molecule has 0 spiro atoms. The topological polar surface area (TPSA) is 26.3 Å². The highest BCUT2D eigenvalue weighted by Crippen LogP contribution is 2.16. The summed E-state index contributed by atoms with van der Waals surface area (Å²) in [5.74, 6) is 0.219. The van der Waals surface area contributed by atoms with Gasteiger partial charge in [-0.3, -0.25) is 0 Å². The van der Waals surface area contributed by atoms with Crippen LogP contribution in [0.5, 0.6) is 5.75 Å². The largest absolute Gasteiger partial charge is 0.423 e. The second-order valence-electron chi connectivity index (χ2n) is 4.99. The van der Waals surface area contributed by atoms with Gasteiger partial charge in [0.25, 0.3) is 0 Å². The van der Waals surface area contributed by atoms with Crippen LogP contribution < -0.4 is 4.74 Å². The molecule has 0 bridgehead atoms. The third-order valence-corrected chi connectivity index (χ3v) is 2.90. The first-order valence-electron chi connectivity index (χ1n) is 6.58. The quantitative estimate of drug-likeness (QED) is 0.472. The van der Waals surface area contributed by atoms with Gasteiger partial charge in [-0.25, -0.2) is 4.79 Å². The summed E-state index contributed by atoms with van der Waals surface area (Å²) in [5.41, 5.74) is 4.33. The molecule has 0 aliphatic rings. The van der Waals surface area contributed by atoms with Gasteiger partial charge < -0.3 is 4.74 Å². The lowest BCUT2D eigenvalue weighted by Gasteiger charge is -2.04. The first-order chi connectivity index (χ1) is 9.52. The highest BCUT2D eigenvalue weighted by Gasteiger charge is 2.02. The van der Waals surface area contributed by atoms with E-state index in [1.54, 1.807) is 6.08 Å². The highest BCUT2D eigenvalue weighted by molar-refractivity contribution is 5.88. The number of rotatable bonds is 3. The van der Waals surface area contributed by atoms with E-state index >= 15 is 0 Å². The first-order valence-corrected chi connectivity index (χ1v) is 6.58. The number of carbonyl (C=O) groups is 1. The van der Waals surface area contributed by atoms with E-state index in [-0.39, 0.29) is 5.97 Å². The lowest BCUT2D eigenvalue weighted by atomic mass is 10.1. The fourth-order valence-corrected chi connectivity index (χ4v) is 1.98. The Morgan fingerprint density at radius 3 is 2.10 bits per heavy atom. The maximum absolute atomic E-state index is 11.8. The van der Waals surface area contributed by atoms with E-state index in [2.05, 4.69) is 0 Å². The number of esters is 1. The number of carbonyl (C=O) groups excluding carboxylic acids is 1. The van der Waals surface area contributed by atoms with Crippen molar-refractivity contribution in [3.8, 4) is 5.75 Å². The molecule has 0 aliphatic heterocycles. The van der Waals surface area contributed by atoms with Gasteiger partial charge in [0.2, 0.25) is 0 Å². The van der Waals surface area contributed by atoms with Crippen molar-refractivity contribution in [2.45, 2.75) is 20.8 Å². The average Bonchev–Trinajstić information content (AvgIpc) is 2.37. The molecule has 2 heteroatoms. The minimum atomic E-state index is -0.365. The van der Waals surface area contributed by atoms with Crippen LogP contribution in [-0.4, -0.2) is 5.97 Å². The molecule has 0 aliphatic carbocycles. The molecule has 0 unspecified atom stereocenters. The van der Waals surface area contributed by atoms with Gasteiger partial charge in [-0.05, 0) is 55.7 Å². The SMILES string of the molecule is Cc1ccc(/C=C\C(=O)Oc2cc(C)cc(C)c2)cc1. The Hall–Kier alpha value is -2.35. The summed E-state index contributed by atoms with van der Waals surface area (Å²) < 4.78 is 5.30. The molecule has 2 nitrogen and oxygen atoms in total. The predicted octanol–water partition coefficient (Wildman–Crippen LogP) is 4.23. The Morgan fingerprint density at radius 2 is 1.50 bits per heavy atom. The Labute approximate surface area is 119 Å². The number of ether oxygens (including phenoxy) is 1. The molecule has 0 N–H and O–H groups in total. The molecule has 0 saturated heterocycles. The summed E-state index contributed by atoms with van der Waals surface area (Å²) in [5, 5.41) is 0. The summed E-state index contributed by atoms with van der Waals surface area (Å²) in [6, 6.07) is 13.7. The van der Waals surface area contributed by atoms with Gasteiger partial charge in [-0.15, -0.1) is 0 Å². The Bertz CT molecular complexity index is 617. The molecule has 0 aromatic heterocycles. The highest BCUT2D eigenvalue weighted by atomic mass is 16.5. The van der Waals surface area contributed by atoms with E-state index in [1.165, 1.54) is 11.6 Å². The monoisotopic (exact) mass is 266 g/mol. The molecule has 20 heavy (non-hydrogen) atoms. The summed E-state index contributed by atoms with van der Waals surface area (Å²) >= 11 is 0. The number of aryl methyl sites for hydroxylation is 3. The Balaban J connectivity index is 2.03. The van der Waals surface area contributed by atoms with E-state index in [9.17, 15) is 4.79 Å². The molecular weight excluding hydrogens is 248 g/mol. The Kier molecular flexibility index (Phi) is 4.36. The maximum atomic E-state index is 11.8. The van der Waals surface area contributed by atoms with E-state index in [0.717, 1.165) is 16.7 Å². The van der Waals surface area contributed by atoms with Crippen LogP contribution >= 0.6 is 0 Å². The van der Waals surface area contributed by atoms with Crippen molar-refractivity contribution in [3.05, 3.63) is 70.8 Å². The molecule has 0 amide bonds. The van der Waals surface area contributed by atoms with Gasteiger partial charge in [0.1, 0.15) is 5.75 Å². The smallest absolute Gasteiger partial charge is 0.336 e. The molecule has 0 heterocycles. The van der Waals surface area contributed by atoms with Crippen molar-refractivity contribution in [2.24, 2.45) is 0 Å². The fraction of sp³-hybridized carbons (Fsp3) is 0.167. The summed E-state index contributed by atoms with van der Waals surface area (Å²) in [6.45, 7) is 5.99. The number of hydrogen-bond acceptors (Lipinski definition) is 2. The molecule has 0 radical (unpaired) electrons. The van der Waals surface area contributed by atoms with Gasteiger partial charge in [0.15, 0.2) is 0 Å². The van der Waals surface area contributed by atoms with Crippen LogP contribution in [0.3, 0.4) is 0 Å². The lowest BCUT2D eigenvalue weighted by Crippen LogP contribution is -2.04. The molecule has 0 saturated carbocycles. The Morgan fingerprint density at radius 1 is 0.900 bits per heavy atom. The van der Waals surface area contributed by atoms with Crippen LogP contribution in [0.2, 0.25) is 0 Å². The molecule has 0 fully saturated rings. The van der Waals surface area contributed by atoms with Gasteiger partial charge in [0, 0.05) is 6.08 Å².